The molecule has 1 aromatic carbocycles. The highest BCUT2D eigenvalue weighted by atomic mass is 127. The number of aliphatic imine (C=N–C) groups is 1. The molecule has 2 N–H and O–H groups in total. The van der Waals surface area contributed by atoms with Crippen LogP contribution in [0.1, 0.15) is 30.4 Å². The van der Waals surface area contributed by atoms with Gasteiger partial charge >= 0.3 is 6.18 Å². The monoisotopic (exact) mass is 507 g/mol. The summed E-state index contributed by atoms with van der Waals surface area (Å²) in [4.78, 5) is 4.30. The molecule has 0 aliphatic carbocycles. The molecule has 1 rings (SSSR count). The lowest BCUT2D eigenvalue weighted by Crippen LogP contribution is -2.37. The van der Waals surface area contributed by atoms with Gasteiger partial charge in [0.25, 0.3) is 0 Å². The fourth-order valence-corrected chi connectivity index (χ4v) is 3.26. The van der Waals surface area contributed by atoms with E-state index in [9.17, 15) is 21.6 Å². The first-order chi connectivity index (χ1) is 11.5. The second kappa shape index (κ2) is 11.0. The smallest absolute Gasteiger partial charge is 0.356 e. The van der Waals surface area contributed by atoms with Crippen LogP contribution in [0.15, 0.2) is 28.1 Å². The zero-order chi connectivity index (χ0) is 19.1. The highest BCUT2D eigenvalue weighted by Crippen LogP contribution is 2.21. The van der Waals surface area contributed by atoms with Gasteiger partial charge in [-0.05, 0) is 37.0 Å². The van der Waals surface area contributed by atoms with Crippen LogP contribution in [0.2, 0.25) is 0 Å². The van der Waals surface area contributed by atoms with Gasteiger partial charge in [0.15, 0.2) is 15.8 Å². The van der Waals surface area contributed by atoms with Crippen LogP contribution in [0.4, 0.5) is 13.2 Å². The summed E-state index contributed by atoms with van der Waals surface area (Å²) in [6.07, 6.45) is -3.28. The Kier molecular flexibility index (Phi) is 10.5. The Morgan fingerprint density at radius 3 is 2.35 bits per heavy atom. The minimum atomic E-state index is -4.12. The predicted octanol–water partition coefficient (Wildman–Crippen LogP) is 3.41. The molecule has 0 bridgehead atoms. The van der Waals surface area contributed by atoms with Crippen LogP contribution in [0.5, 0.6) is 0 Å². The topological polar surface area (TPSA) is 70.6 Å². The Morgan fingerprint density at radius 1 is 1.19 bits per heavy atom. The summed E-state index contributed by atoms with van der Waals surface area (Å²) < 4.78 is 59.4. The van der Waals surface area contributed by atoms with E-state index < -0.39 is 22.4 Å². The van der Waals surface area contributed by atoms with E-state index >= 15 is 0 Å². The number of halogens is 4. The van der Waals surface area contributed by atoms with Crippen LogP contribution in [-0.4, -0.2) is 40.4 Å². The van der Waals surface area contributed by atoms with Gasteiger partial charge in [-0.15, -0.1) is 24.0 Å². The summed E-state index contributed by atoms with van der Waals surface area (Å²) in [6.45, 7) is 2.54. The van der Waals surface area contributed by atoms with E-state index in [1.165, 1.54) is 0 Å². The third-order valence-corrected chi connectivity index (χ3v) is 4.76. The van der Waals surface area contributed by atoms with E-state index in [1.807, 2.05) is 0 Å². The third kappa shape index (κ3) is 9.60. The Bertz CT molecular complexity index is 707. The minimum Gasteiger partial charge on any atom is -0.356 e. The van der Waals surface area contributed by atoms with Crippen molar-refractivity contribution in [3.63, 3.8) is 0 Å². The van der Waals surface area contributed by atoms with Crippen molar-refractivity contribution >= 4 is 39.8 Å². The van der Waals surface area contributed by atoms with Crippen LogP contribution >= 0.6 is 24.0 Å². The van der Waals surface area contributed by atoms with Crippen LogP contribution in [-0.2, 0) is 16.4 Å². The molecule has 0 radical (unpaired) electrons. The predicted molar refractivity (Wildman–Crippen MR) is 108 cm³/mol. The van der Waals surface area contributed by atoms with Crippen molar-refractivity contribution < 1.29 is 21.6 Å². The molecule has 0 saturated carbocycles. The number of hydrogen-bond acceptors (Lipinski definition) is 3. The van der Waals surface area contributed by atoms with Crippen LogP contribution in [0.3, 0.4) is 0 Å². The summed E-state index contributed by atoms with van der Waals surface area (Å²) in [5, 5.41) is 6.00. The van der Waals surface area contributed by atoms with E-state index in [1.54, 1.807) is 32.2 Å². The molecule has 0 fully saturated rings. The lowest BCUT2D eigenvalue weighted by Gasteiger charge is -2.13. The number of unbranched alkanes of at least 4 members (excludes halogenated alkanes) is 1. The average molecular weight is 507 g/mol. The molecule has 0 unspecified atom stereocenters. The zero-order valence-corrected chi connectivity index (χ0v) is 18.1. The zero-order valence-electron chi connectivity index (χ0n) is 15.0. The second-order valence-corrected chi connectivity index (χ2v) is 7.78. The maximum absolute atomic E-state index is 12.1. The van der Waals surface area contributed by atoms with E-state index in [-0.39, 0.29) is 30.4 Å². The van der Waals surface area contributed by atoms with Gasteiger partial charge in [0.05, 0.1) is 4.90 Å². The summed E-state index contributed by atoms with van der Waals surface area (Å²) in [5.74, 6) is 0.483. The SMILES string of the molecule is CN=C(NCCCCC(F)(F)F)NCc1ccc(S(C)(=O)=O)c(C)c1.I. The molecule has 0 saturated heterocycles. The molecule has 0 atom stereocenters. The largest absolute Gasteiger partial charge is 0.389 e. The summed E-state index contributed by atoms with van der Waals surface area (Å²) >= 11 is 0. The number of nitrogens with one attached hydrogen (secondary N) is 2. The first-order valence-electron chi connectivity index (χ1n) is 7.84. The molecule has 0 heterocycles. The summed E-state index contributed by atoms with van der Waals surface area (Å²) in [6, 6.07) is 5.06. The molecule has 0 amide bonds. The number of sulfone groups is 1. The molecule has 26 heavy (non-hydrogen) atoms. The fourth-order valence-electron chi connectivity index (χ4n) is 2.30. The van der Waals surface area contributed by atoms with Gasteiger partial charge in [-0.3, -0.25) is 4.99 Å². The van der Waals surface area contributed by atoms with Crippen molar-refractivity contribution in [1.82, 2.24) is 10.6 Å². The molecule has 0 spiro atoms. The Labute approximate surface area is 169 Å². The molecular weight excluding hydrogens is 482 g/mol. The maximum Gasteiger partial charge on any atom is 0.389 e. The van der Waals surface area contributed by atoms with Gasteiger partial charge in [-0.25, -0.2) is 8.42 Å². The van der Waals surface area contributed by atoms with Crippen molar-refractivity contribution in [1.29, 1.82) is 0 Å². The molecule has 10 heteroatoms. The van der Waals surface area contributed by atoms with Gasteiger partial charge in [0, 0.05) is 32.8 Å². The van der Waals surface area contributed by atoms with Crippen molar-refractivity contribution in [3.8, 4) is 0 Å². The van der Waals surface area contributed by atoms with E-state index in [2.05, 4.69) is 15.6 Å². The third-order valence-electron chi connectivity index (χ3n) is 3.50. The van der Waals surface area contributed by atoms with Gasteiger partial charge in [-0.2, -0.15) is 13.2 Å². The lowest BCUT2D eigenvalue weighted by atomic mass is 10.1. The number of aryl methyl sites for hydroxylation is 1. The highest BCUT2D eigenvalue weighted by molar-refractivity contribution is 14.0. The summed E-state index contributed by atoms with van der Waals surface area (Å²) in [5.41, 5.74) is 1.54. The number of nitrogens with zero attached hydrogens (tertiary/aromatic N) is 1. The maximum atomic E-state index is 12.1. The van der Waals surface area contributed by atoms with E-state index in [4.69, 9.17) is 0 Å². The van der Waals surface area contributed by atoms with Crippen LogP contribution < -0.4 is 10.6 Å². The molecule has 150 valence electrons. The highest BCUT2D eigenvalue weighted by Gasteiger charge is 2.25. The number of benzene rings is 1. The van der Waals surface area contributed by atoms with Crippen molar-refractivity contribution in [2.75, 3.05) is 19.8 Å². The number of alkyl halides is 3. The van der Waals surface area contributed by atoms with Crippen LogP contribution in [0.25, 0.3) is 0 Å². The Balaban J connectivity index is 0.00000625. The standard InChI is InChI=1S/C16H24F3N3O2S.HI/c1-12-10-13(6-7-14(12)25(3,23)24)11-22-15(20-2)21-9-5-4-8-16(17,18)19;/h6-7,10H,4-5,8-9,11H2,1-3H3,(H2,20,21,22);1H. The molecule has 0 aliphatic rings. The van der Waals surface area contributed by atoms with E-state index in [0.29, 0.717) is 35.9 Å². The van der Waals surface area contributed by atoms with Crippen molar-refractivity contribution in [2.45, 2.75) is 43.8 Å². The number of hydrogen-bond donors (Lipinski definition) is 2. The van der Waals surface area contributed by atoms with Gasteiger partial charge in [0.2, 0.25) is 0 Å². The van der Waals surface area contributed by atoms with Crippen molar-refractivity contribution in [3.05, 3.63) is 29.3 Å². The van der Waals surface area contributed by atoms with Gasteiger partial charge < -0.3 is 10.6 Å². The molecule has 0 aliphatic heterocycles. The molecule has 0 aromatic heterocycles. The Hall–Kier alpha value is -1.04. The summed E-state index contributed by atoms with van der Waals surface area (Å²) in [7, 11) is -1.68. The Morgan fingerprint density at radius 2 is 1.85 bits per heavy atom. The van der Waals surface area contributed by atoms with Gasteiger partial charge in [0.1, 0.15) is 0 Å². The first kappa shape index (κ1) is 25.0. The first-order valence-corrected chi connectivity index (χ1v) is 9.73. The average Bonchev–Trinajstić information content (AvgIpc) is 2.47. The fraction of sp³-hybridized carbons (Fsp3) is 0.562. The number of guanidine groups is 1. The number of rotatable bonds is 7. The molecule has 1 aromatic rings. The minimum absolute atomic E-state index is 0. The second-order valence-electron chi connectivity index (χ2n) is 5.80. The van der Waals surface area contributed by atoms with Gasteiger partial charge in [-0.1, -0.05) is 12.1 Å². The van der Waals surface area contributed by atoms with Crippen molar-refractivity contribution in [2.24, 2.45) is 4.99 Å². The quantitative estimate of drug-likeness (QED) is 0.257. The normalized spacial score (nSPS) is 12.5. The lowest BCUT2D eigenvalue weighted by molar-refractivity contribution is -0.135. The molecule has 5 nitrogen and oxygen atoms in total. The van der Waals surface area contributed by atoms with E-state index in [0.717, 1.165) is 11.8 Å². The molecular formula is C16H25F3IN3O2S. The van der Waals surface area contributed by atoms with Crippen LogP contribution in [0, 0.1) is 6.92 Å².